The fourth-order valence-electron chi connectivity index (χ4n) is 2.01. The molecular weight excluding hydrogens is 270 g/mol. The number of rotatable bonds is 4. The third-order valence-electron chi connectivity index (χ3n) is 2.95. The minimum absolute atomic E-state index is 0.103. The number of carbonyl (C=O) groups is 1. The highest BCUT2D eigenvalue weighted by atomic mass is 16.5. The quantitative estimate of drug-likeness (QED) is 0.869. The number of methoxy groups -OCH3 is 1. The van der Waals surface area contributed by atoms with Gasteiger partial charge in [0.25, 0.3) is 0 Å². The highest BCUT2D eigenvalue weighted by Crippen LogP contribution is 2.26. The lowest BCUT2D eigenvalue weighted by atomic mass is 10.2. The highest BCUT2D eigenvalue weighted by Gasteiger charge is 2.21. The monoisotopic (exact) mass is 285 g/mol. The fourth-order valence-corrected chi connectivity index (χ4v) is 2.01. The molecule has 0 bridgehead atoms. The van der Waals surface area contributed by atoms with Gasteiger partial charge in [-0.05, 0) is 19.1 Å². The zero-order valence-electron chi connectivity index (χ0n) is 11.8. The Hall–Kier alpha value is -2.94. The van der Waals surface area contributed by atoms with Crippen LogP contribution in [0, 0.1) is 11.3 Å². The van der Waals surface area contributed by atoms with Crippen LogP contribution in [0.1, 0.15) is 23.0 Å². The van der Waals surface area contributed by atoms with Crippen molar-refractivity contribution in [2.24, 2.45) is 0 Å². The largest absolute Gasteiger partial charge is 0.494 e. The number of nitrogens with zero attached hydrogens (tertiary/aromatic N) is 2. The van der Waals surface area contributed by atoms with Gasteiger partial charge in [-0.15, -0.1) is 0 Å². The molecule has 0 saturated heterocycles. The molecule has 108 valence electrons. The van der Waals surface area contributed by atoms with E-state index in [2.05, 4.69) is 0 Å². The Bertz CT molecular complexity index is 713. The Morgan fingerprint density at radius 2 is 2.24 bits per heavy atom. The van der Waals surface area contributed by atoms with E-state index in [4.69, 9.17) is 20.5 Å². The maximum atomic E-state index is 11.9. The summed E-state index contributed by atoms with van der Waals surface area (Å²) in [5.74, 6) is 0.0624. The van der Waals surface area contributed by atoms with Crippen LogP contribution in [-0.4, -0.2) is 24.3 Å². The molecule has 0 fully saturated rings. The van der Waals surface area contributed by atoms with Gasteiger partial charge in [0.1, 0.15) is 11.8 Å². The van der Waals surface area contributed by atoms with E-state index in [1.807, 2.05) is 19.1 Å². The van der Waals surface area contributed by atoms with E-state index in [1.54, 1.807) is 18.2 Å². The van der Waals surface area contributed by atoms with Crippen LogP contribution < -0.4 is 10.5 Å². The van der Waals surface area contributed by atoms with Crippen molar-refractivity contribution in [3.05, 3.63) is 41.7 Å². The molecule has 0 aliphatic heterocycles. The molecule has 6 nitrogen and oxygen atoms in total. The third-order valence-corrected chi connectivity index (χ3v) is 2.95. The van der Waals surface area contributed by atoms with Crippen LogP contribution in [0.3, 0.4) is 0 Å². The van der Waals surface area contributed by atoms with E-state index in [0.29, 0.717) is 18.0 Å². The summed E-state index contributed by atoms with van der Waals surface area (Å²) in [4.78, 5) is 11.9. The topological polar surface area (TPSA) is 90.3 Å². The van der Waals surface area contributed by atoms with Gasteiger partial charge in [-0.1, -0.05) is 6.07 Å². The number of aromatic nitrogens is 1. The molecule has 0 aliphatic rings. The minimum Gasteiger partial charge on any atom is -0.494 e. The zero-order valence-corrected chi connectivity index (χ0v) is 11.8. The SMILES string of the molecule is CCOc1cccc(-n2cc(C#N)c(N)c2C(=O)OC)c1. The van der Waals surface area contributed by atoms with Crippen molar-refractivity contribution >= 4 is 11.7 Å². The van der Waals surface area contributed by atoms with Crippen molar-refractivity contribution in [1.29, 1.82) is 5.26 Å². The molecule has 2 rings (SSSR count). The molecule has 6 heteroatoms. The number of carbonyl (C=O) groups excluding carboxylic acids is 1. The van der Waals surface area contributed by atoms with E-state index >= 15 is 0 Å². The number of benzene rings is 1. The van der Waals surface area contributed by atoms with Crippen molar-refractivity contribution in [2.45, 2.75) is 6.92 Å². The van der Waals surface area contributed by atoms with Crippen molar-refractivity contribution < 1.29 is 14.3 Å². The maximum absolute atomic E-state index is 11.9. The van der Waals surface area contributed by atoms with E-state index in [0.717, 1.165) is 0 Å². The number of esters is 1. The van der Waals surface area contributed by atoms with Gasteiger partial charge in [-0.3, -0.25) is 0 Å². The first-order valence-electron chi connectivity index (χ1n) is 6.34. The molecule has 0 aliphatic carbocycles. The Balaban J connectivity index is 2.60. The average molecular weight is 285 g/mol. The molecule has 0 amide bonds. The molecular formula is C15H15N3O3. The van der Waals surface area contributed by atoms with Gasteiger partial charge < -0.3 is 19.8 Å². The van der Waals surface area contributed by atoms with E-state index in [-0.39, 0.29) is 16.9 Å². The van der Waals surface area contributed by atoms with Crippen molar-refractivity contribution in [3.8, 4) is 17.5 Å². The number of nitrogen functional groups attached to an aromatic ring is 1. The molecule has 1 heterocycles. The van der Waals surface area contributed by atoms with Crippen LogP contribution in [0.25, 0.3) is 5.69 Å². The minimum atomic E-state index is -0.601. The molecule has 0 radical (unpaired) electrons. The summed E-state index contributed by atoms with van der Waals surface area (Å²) in [6, 6.07) is 9.11. The Labute approximate surface area is 122 Å². The van der Waals surface area contributed by atoms with Gasteiger partial charge in [-0.25, -0.2) is 4.79 Å². The Morgan fingerprint density at radius 1 is 1.48 bits per heavy atom. The fraction of sp³-hybridized carbons (Fsp3) is 0.200. The standard InChI is InChI=1S/C15H15N3O3/c1-3-21-12-6-4-5-11(7-12)18-9-10(8-16)13(17)14(18)15(19)20-2/h4-7,9H,3,17H2,1-2H3. The number of nitrogens with two attached hydrogens (primary N) is 1. The lowest BCUT2D eigenvalue weighted by Crippen LogP contribution is -2.11. The lowest BCUT2D eigenvalue weighted by Gasteiger charge is -2.10. The van der Waals surface area contributed by atoms with Gasteiger partial charge in [0.2, 0.25) is 0 Å². The van der Waals surface area contributed by atoms with Crippen molar-refractivity contribution in [2.75, 3.05) is 19.5 Å². The van der Waals surface area contributed by atoms with Crippen LogP contribution >= 0.6 is 0 Å². The maximum Gasteiger partial charge on any atom is 0.357 e. The first kappa shape index (κ1) is 14.5. The van der Waals surface area contributed by atoms with Crippen LogP contribution in [0.5, 0.6) is 5.75 Å². The van der Waals surface area contributed by atoms with Gasteiger partial charge in [0.05, 0.1) is 25.0 Å². The molecule has 0 atom stereocenters. The summed E-state index contributed by atoms with van der Waals surface area (Å²) < 4.78 is 11.7. The number of nitriles is 1. The van der Waals surface area contributed by atoms with Crippen LogP contribution in [0.4, 0.5) is 5.69 Å². The molecule has 21 heavy (non-hydrogen) atoms. The summed E-state index contributed by atoms with van der Waals surface area (Å²) in [5, 5.41) is 9.08. The van der Waals surface area contributed by atoms with Crippen molar-refractivity contribution in [3.63, 3.8) is 0 Å². The second-order valence-electron chi connectivity index (χ2n) is 4.21. The predicted molar refractivity (Wildman–Crippen MR) is 77.4 cm³/mol. The summed E-state index contributed by atoms with van der Waals surface area (Å²) in [6.07, 6.45) is 1.51. The molecule has 2 aromatic rings. The summed E-state index contributed by atoms with van der Waals surface area (Å²) in [7, 11) is 1.27. The summed E-state index contributed by atoms with van der Waals surface area (Å²) in [6.45, 7) is 2.42. The average Bonchev–Trinajstić information content (AvgIpc) is 2.84. The van der Waals surface area contributed by atoms with Gasteiger partial charge >= 0.3 is 5.97 Å². The summed E-state index contributed by atoms with van der Waals surface area (Å²) >= 11 is 0. The number of hydrogen-bond donors (Lipinski definition) is 1. The molecule has 0 spiro atoms. The Morgan fingerprint density at radius 3 is 2.86 bits per heavy atom. The van der Waals surface area contributed by atoms with Crippen molar-refractivity contribution in [1.82, 2.24) is 4.57 Å². The first-order valence-corrected chi connectivity index (χ1v) is 6.34. The molecule has 2 N–H and O–H groups in total. The van der Waals surface area contributed by atoms with Crippen LogP contribution in [-0.2, 0) is 4.74 Å². The predicted octanol–water partition coefficient (Wildman–Crippen LogP) is 2.12. The molecule has 1 aromatic carbocycles. The van der Waals surface area contributed by atoms with Gasteiger partial charge in [0.15, 0.2) is 5.69 Å². The second-order valence-corrected chi connectivity index (χ2v) is 4.21. The molecule has 1 aromatic heterocycles. The number of ether oxygens (including phenoxy) is 2. The van der Waals surface area contributed by atoms with E-state index < -0.39 is 5.97 Å². The Kier molecular flexibility index (Phi) is 4.14. The number of hydrogen-bond acceptors (Lipinski definition) is 5. The lowest BCUT2D eigenvalue weighted by molar-refractivity contribution is 0.0593. The zero-order chi connectivity index (χ0) is 15.4. The first-order chi connectivity index (χ1) is 10.1. The normalized spacial score (nSPS) is 9.95. The van der Waals surface area contributed by atoms with Crippen LogP contribution in [0.15, 0.2) is 30.5 Å². The van der Waals surface area contributed by atoms with Crippen LogP contribution in [0.2, 0.25) is 0 Å². The van der Waals surface area contributed by atoms with Gasteiger partial charge in [-0.2, -0.15) is 5.26 Å². The summed E-state index contributed by atoms with van der Waals surface area (Å²) in [5.41, 5.74) is 6.96. The smallest absolute Gasteiger partial charge is 0.357 e. The van der Waals surface area contributed by atoms with Gasteiger partial charge in [0, 0.05) is 18.0 Å². The van der Waals surface area contributed by atoms with E-state index in [9.17, 15) is 4.79 Å². The molecule has 0 saturated carbocycles. The highest BCUT2D eigenvalue weighted by molar-refractivity contribution is 5.95. The van der Waals surface area contributed by atoms with E-state index in [1.165, 1.54) is 17.9 Å². The third kappa shape index (κ3) is 2.67. The second kappa shape index (κ2) is 6.01. The molecule has 0 unspecified atom stereocenters. The number of anilines is 1.